The van der Waals surface area contributed by atoms with Crippen LogP contribution in [-0.4, -0.2) is 82.3 Å². The van der Waals surface area contributed by atoms with Gasteiger partial charge in [0.15, 0.2) is 12.4 Å². The lowest BCUT2D eigenvalue weighted by atomic mass is 10.2. The Morgan fingerprint density at radius 3 is 2.37 bits per heavy atom. The quantitative estimate of drug-likeness (QED) is 0.0850. The molecule has 0 saturated carbocycles. The van der Waals surface area contributed by atoms with Crippen LogP contribution >= 0.6 is 11.6 Å². The van der Waals surface area contributed by atoms with Gasteiger partial charge in [0.05, 0.1) is 11.6 Å². The van der Waals surface area contributed by atoms with E-state index in [0.29, 0.717) is 41.3 Å². The molecule has 0 spiro atoms. The van der Waals surface area contributed by atoms with Gasteiger partial charge in [-0.1, -0.05) is 36.7 Å². The fourth-order valence-corrected chi connectivity index (χ4v) is 4.78. The highest BCUT2D eigenvalue weighted by atomic mass is 35.5. The Morgan fingerprint density at radius 2 is 1.73 bits per heavy atom. The summed E-state index contributed by atoms with van der Waals surface area (Å²) in [5.41, 5.74) is 1.52. The number of nitrogens with one attached hydrogen (secondary N) is 4. The number of rotatable bonds is 16. The number of carbonyl (C=O) groups excluding carboxylic acids is 3. The van der Waals surface area contributed by atoms with Gasteiger partial charge in [-0.3, -0.25) is 19.7 Å². The van der Waals surface area contributed by atoms with Crippen molar-refractivity contribution in [3.05, 3.63) is 70.4 Å². The molecule has 4 N–H and O–H groups in total. The highest BCUT2D eigenvalue weighted by molar-refractivity contribution is 6.39. The van der Waals surface area contributed by atoms with E-state index >= 15 is 0 Å². The fourth-order valence-electron chi connectivity index (χ4n) is 4.53. The number of amides is 3. The Morgan fingerprint density at radius 1 is 1.00 bits per heavy atom. The molecular formula is C33H37ClF3N9O6. The van der Waals surface area contributed by atoms with Gasteiger partial charge in [0.2, 0.25) is 11.9 Å². The van der Waals surface area contributed by atoms with Crippen LogP contribution in [0.5, 0.6) is 11.8 Å². The largest absolute Gasteiger partial charge is 0.492 e. The molecule has 0 aliphatic heterocycles. The number of alkyl halides is 3. The molecule has 4 aromatic rings. The highest BCUT2D eigenvalue weighted by Crippen LogP contribution is 2.27. The predicted molar refractivity (Wildman–Crippen MR) is 185 cm³/mol. The van der Waals surface area contributed by atoms with Crippen molar-refractivity contribution < 1.29 is 41.6 Å². The van der Waals surface area contributed by atoms with Crippen LogP contribution in [-0.2, 0) is 16.1 Å². The summed E-state index contributed by atoms with van der Waals surface area (Å²) in [6, 6.07) is 12.2. The molecule has 0 unspecified atom stereocenters. The fraction of sp³-hybridized carbons (Fsp3) is 0.364. The summed E-state index contributed by atoms with van der Waals surface area (Å²) in [7, 11) is 1.50. The van der Waals surface area contributed by atoms with Crippen molar-refractivity contribution in [2.75, 3.05) is 49.3 Å². The number of anilines is 4. The standard InChI is InChI=1S/C33H37ClF3N9O6/c1-19(2)17-46(29(49)28(48)41-26-14-20(3)52-45-26)12-5-13-50-25-11-6-21(15-24(25)34)16-39-30-42-31(44-32(43-30)51-18-33(35,36)37)40-23-9-7-22(8-10-23)27(47)38-4/h6-11,14-15,19H,5,12-13,16-18H2,1-4H3,(H,38,47)(H,41,45,48)(H2,39,40,42,43,44). The highest BCUT2D eigenvalue weighted by Gasteiger charge is 2.29. The first-order valence-electron chi connectivity index (χ1n) is 15.9. The van der Waals surface area contributed by atoms with Gasteiger partial charge in [0.25, 0.3) is 5.91 Å². The van der Waals surface area contributed by atoms with E-state index in [-0.39, 0.29) is 54.3 Å². The van der Waals surface area contributed by atoms with Crippen LogP contribution in [0.4, 0.5) is 36.6 Å². The van der Waals surface area contributed by atoms with Crippen molar-refractivity contribution >= 4 is 52.7 Å². The zero-order chi connectivity index (χ0) is 37.8. The third kappa shape index (κ3) is 12.3. The molecule has 2 aromatic carbocycles. The minimum atomic E-state index is -4.62. The van der Waals surface area contributed by atoms with E-state index in [1.807, 2.05) is 13.8 Å². The normalized spacial score (nSPS) is 11.2. The van der Waals surface area contributed by atoms with Crippen LogP contribution in [0.15, 0.2) is 53.1 Å². The second-order valence-corrected chi connectivity index (χ2v) is 12.1. The Bertz CT molecular complexity index is 1840. The van der Waals surface area contributed by atoms with E-state index in [9.17, 15) is 27.6 Å². The predicted octanol–water partition coefficient (Wildman–Crippen LogP) is 5.37. The maximum atomic E-state index is 12.9. The molecule has 4 rings (SSSR count). The number of nitrogens with zero attached hydrogens (tertiary/aromatic N) is 5. The Labute approximate surface area is 301 Å². The van der Waals surface area contributed by atoms with E-state index in [1.165, 1.54) is 18.0 Å². The van der Waals surface area contributed by atoms with E-state index in [1.54, 1.807) is 49.4 Å². The Balaban J connectivity index is 1.34. The summed E-state index contributed by atoms with van der Waals surface area (Å²) >= 11 is 6.47. The van der Waals surface area contributed by atoms with Crippen LogP contribution in [0.1, 0.15) is 41.9 Å². The van der Waals surface area contributed by atoms with Gasteiger partial charge in [0.1, 0.15) is 11.5 Å². The van der Waals surface area contributed by atoms with Crippen molar-refractivity contribution in [1.82, 2.24) is 30.3 Å². The number of ether oxygens (including phenoxy) is 2. The maximum absolute atomic E-state index is 12.9. The van der Waals surface area contributed by atoms with E-state index < -0.39 is 30.6 Å². The molecule has 0 fully saturated rings. The third-order valence-corrected chi connectivity index (χ3v) is 7.12. The molecule has 0 aliphatic rings. The molecule has 2 heterocycles. The molecular weight excluding hydrogens is 711 g/mol. The molecule has 19 heteroatoms. The lowest BCUT2D eigenvalue weighted by Gasteiger charge is -2.24. The van der Waals surface area contributed by atoms with E-state index in [0.717, 1.165) is 0 Å². The molecule has 0 aliphatic carbocycles. The lowest BCUT2D eigenvalue weighted by Crippen LogP contribution is -2.42. The van der Waals surface area contributed by atoms with Crippen LogP contribution in [0, 0.1) is 12.8 Å². The average Bonchev–Trinajstić information content (AvgIpc) is 3.51. The number of aryl methyl sites for hydroxylation is 1. The summed E-state index contributed by atoms with van der Waals surface area (Å²) in [5, 5.41) is 14.7. The van der Waals surface area contributed by atoms with Crippen molar-refractivity contribution in [2.24, 2.45) is 5.92 Å². The van der Waals surface area contributed by atoms with Crippen molar-refractivity contribution in [3.8, 4) is 11.8 Å². The smallest absolute Gasteiger partial charge is 0.422 e. The van der Waals surface area contributed by atoms with Crippen LogP contribution in [0.3, 0.4) is 0 Å². The monoisotopic (exact) mass is 747 g/mol. The van der Waals surface area contributed by atoms with Gasteiger partial charge < -0.3 is 34.8 Å². The summed E-state index contributed by atoms with van der Waals surface area (Å²) in [4.78, 5) is 50.7. The topological polar surface area (TPSA) is 186 Å². The third-order valence-electron chi connectivity index (χ3n) is 6.82. The minimum absolute atomic E-state index is 0.0848. The summed E-state index contributed by atoms with van der Waals surface area (Å²) in [6.45, 7) is 4.83. The molecule has 3 amide bonds. The summed E-state index contributed by atoms with van der Waals surface area (Å²) in [5.74, 6) is -0.898. The Hall–Kier alpha value is -5.65. The molecule has 0 saturated heterocycles. The number of carbonyl (C=O) groups is 3. The maximum Gasteiger partial charge on any atom is 0.422 e. The summed E-state index contributed by atoms with van der Waals surface area (Å²) < 4.78 is 54.1. The minimum Gasteiger partial charge on any atom is -0.492 e. The second-order valence-electron chi connectivity index (χ2n) is 11.7. The van der Waals surface area contributed by atoms with Gasteiger partial charge in [-0.15, -0.1) is 0 Å². The second kappa shape index (κ2) is 18.0. The zero-order valence-corrected chi connectivity index (χ0v) is 29.4. The summed E-state index contributed by atoms with van der Waals surface area (Å²) in [6.07, 6.45) is -4.22. The first-order chi connectivity index (χ1) is 24.7. The molecule has 278 valence electrons. The SMILES string of the molecule is CNC(=O)c1ccc(Nc2nc(NCc3ccc(OCCCN(CC(C)C)C(=O)C(=O)Nc4cc(C)on4)c(Cl)c3)nc(OCC(F)(F)F)n2)cc1. The average molecular weight is 748 g/mol. The van der Waals surface area contributed by atoms with Crippen molar-refractivity contribution in [1.29, 1.82) is 0 Å². The molecule has 52 heavy (non-hydrogen) atoms. The van der Waals surface area contributed by atoms with Gasteiger partial charge in [0, 0.05) is 44.0 Å². The van der Waals surface area contributed by atoms with Gasteiger partial charge in [-0.25, -0.2) is 0 Å². The Kier molecular flexibility index (Phi) is 13.6. The molecule has 2 aromatic heterocycles. The van der Waals surface area contributed by atoms with Gasteiger partial charge >= 0.3 is 24.0 Å². The van der Waals surface area contributed by atoms with E-state index in [4.69, 9.17) is 25.6 Å². The van der Waals surface area contributed by atoms with Crippen molar-refractivity contribution in [3.63, 3.8) is 0 Å². The van der Waals surface area contributed by atoms with Gasteiger partial charge in [-0.2, -0.15) is 28.1 Å². The first-order valence-corrected chi connectivity index (χ1v) is 16.3. The molecule has 0 atom stereocenters. The van der Waals surface area contributed by atoms with Crippen LogP contribution in [0.25, 0.3) is 0 Å². The van der Waals surface area contributed by atoms with Gasteiger partial charge in [-0.05, 0) is 61.2 Å². The first kappa shape index (κ1) is 39.1. The molecule has 0 radical (unpaired) electrons. The molecule has 15 nitrogen and oxygen atoms in total. The number of aromatic nitrogens is 4. The van der Waals surface area contributed by atoms with Crippen LogP contribution < -0.4 is 30.7 Å². The lowest BCUT2D eigenvalue weighted by molar-refractivity contribution is -0.154. The van der Waals surface area contributed by atoms with Crippen LogP contribution in [0.2, 0.25) is 5.02 Å². The number of hydrogen-bond donors (Lipinski definition) is 4. The number of hydrogen-bond acceptors (Lipinski definition) is 12. The van der Waals surface area contributed by atoms with E-state index in [2.05, 4.69) is 41.4 Å². The number of halogens is 4. The zero-order valence-electron chi connectivity index (χ0n) is 28.6. The number of benzene rings is 2. The van der Waals surface area contributed by atoms with Crippen molar-refractivity contribution in [2.45, 2.75) is 39.9 Å². The molecule has 0 bridgehead atoms.